The van der Waals surface area contributed by atoms with Crippen molar-refractivity contribution in [1.29, 1.82) is 0 Å². The number of hydrogen-bond donors (Lipinski definition) is 1. The van der Waals surface area contributed by atoms with E-state index in [0.29, 0.717) is 23.4 Å². The number of hydrogen-bond acceptors (Lipinski definition) is 4. The maximum atomic E-state index is 12.4. The molecule has 2 aromatic carbocycles. The summed E-state index contributed by atoms with van der Waals surface area (Å²) >= 11 is 0. The molecule has 5 nitrogen and oxygen atoms in total. The zero-order valence-corrected chi connectivity index (χ0v) is 13.3. The number of nitrogens with one attached hydrogen (secondary N) is 1. The fraction of sp³-hybridized carbons (Fsp3) is 0.118. The van der Waals surface area contributed by atoms with Gasteiger partial charge in [-0.2, -0.15) is 0 Å². The number of benzene rings is 2. The molecule has 1 N–H and O–H groups in total. The molecule has 1 heterocycles. The van der Waals surface area contributed by atoms with Crippen LogP contribution in [0.4, 0.5) is 0 Å². The van der Waals surface area contributed by atoms with Crippen molar-refractivity contribution in [3.63, 3.8) is 0 Å². The highest BCUT2D eigenvalue weighted by Gasteiger charge is 2.24. The minimum Gasteiger partial charge on any atom is -0.496 e. The molecule has 23 heavy (non-hydrogen) atoms. The number of ether oxygens (including phenoxy) is 1. The van der Waals surface area contributed by atoms with Crippen LogP contribution in [-0.2, 0) is 16.4 Å². The number of para-hydroxylation sites is 1. The molecule has 0 aromatic heterocycles. The number of methoxy groups -OCH3 is 1. The largest absolute Gasteiger partial charge is 0.496 e. The molecule has 1 aliphatic heterocycles. The third-order valence-electron chi connectivity index (χ3n) is 3.66. The van der Waals surface area contributed by atoms with E-state index in [2.05, 4.69) is 5.32 Å². The second-order valence-electron chi connectivity index (χ2n) is 5.06. The van der Waals surface area contributed by atoms with Crippen molar-refractivity contribution in [2.45, 2.75) is 11.4 Å². The van der Waals surface area contributed by atoms with E-state index >= 15 is 0 Å². The van der Waals surface area contributed by atoms with Crippen LogP contribution in [0, 0.1) is 0 Å². The van der Waals surface area contributed by atoms with Crippen molar-refractivity contribution in [2.75, 3.05) is 7.11 Å². The molecular weight excluding hydrogens is 314 g/mol. The standard InChI is InChI=1S/C17H15NO4S/c1-22-15-7-3-2-5-12(15)11-18-17(19)14-6-4-8-16-13(14)9-10-23(16,20)21/h2-10H,11H2,1H3,(H,18,19). The molecule has 3 rings (SSSR count). The maximum absolute atomic E-state index is 12.4. The number of rotatable bonds is 4. The van der Waals surface area contributed by atoms with Crippen LogP contribution in [0.1, 0.15) is 21.5 Å². The average molecular weight is 329 g/mol. The molecule has 0 radical (unpaired) electrons. The number of sulfone groups is 1. The Morgan fingerprint density at radius 3 is 2.70 bits per heavy atom. The Hall–Kier alpha value is -2.60. The normalized spacial score (nSPS) is 14.3. The van der Waals surface area contributed by atoms with Crippen molar-refractivity contribution >= 4 is 21.8 Å². The van der Waals surface area contributed by atoms with Crippen LogP contribution in [0.2, 0.25) is 0 Å². The Morgan fingerprint density at radius 2 is 1.91 bits per heavy atom. The van der Waals surface area contributed by atoms with Crippen LogP contribution in [-0.4, -0.2) is 21.4 Å². The van der Waals surface area contributed by atoms with Gasteiger partial charge in [0.25, 0.3) is 5.91 Å². The van der Waals surface area contributed by atoms with Gasteiger partial charge in [-0.25, -0.2) is 8.42 Å². The van der Waals surface area contributed by atoms with Crippen molar-refractivity contribution in [3.8, 4) is 5.75 Å². The minimum absolute atomic E-state index is 0.169. The molecule has 0 unspecified atom stereocenters. The Bertz CT molecular complexity index is 901. The molecular formula is C17H15NO4S. The van der Waals surface area contributed by atoms with Gasteiger partial charge in [0.1, 0.15) is 5.75 Å². The van der Waals surface area contributed by atoms with Crippen molar-refractivity contribution < 1.29 is 17.9 Å². The zero-order chi connectivity index (χ0) is 16.4. The Morgan fingerprint density at radius 1 is 1.13 bits per heavy atom. The van der Waals surface area contributed by atoms with Crippen LogP contribution in [0.5, 0.6) is 5.75 Å². The molecule has 0 fully saturated rings. The molecule has 0 saturated heterocycles. The van der Waals surface area contributed by atoms with Crippen LogP contribution < -0.4 is 10.1 Å². The molecule has 118 valence electrons. The first-order valence-electron chi connectivity index (χ1n) is 6.99. The van der Waals surface area contributed by atoms with Crippen LogP contribution in [0.15, 0.2) is 52.8 Å². The lowest BCUT2D eigenvalue weighted by atomic mass is 10.1. The van der Waals surface area contributed by atoms with Gasteiger partial charge in [-0.3, -0.25) is 4.79 Å². The van der Waals surface area contributed by atoms with Gasteiger partial charge in [-0.15, -0.1) is 0 Å². The SMILES string of the molecule is COc1ccccc1CNC(=O)c1cccc2c1C=CS2(=O)=O. The summed E-state index contributed by atoms with van der Waals surface area (Å²) in [5.74, 6) is 0.364. The van der Waals surface area contributed by atoms with Gasteiger partial charge in [-0.1, -0.05) is 24.3 Å². The molecule has 0 spiro atoms. The molecule has 0 saturated carbocycles. The number of carbonyl (C=O) groups excluding carboxylic acids is 1. The van der Waals surface area contributed by atoms with Gasteiger partial charge in [0.05, 0.1) is 12.0 Å². The fourth-order valence-electron chi connectivity index (χ4n) is 2.51. The molecule has 1 aliphatic rings. The predicted molar refractivity (Wildman–Crippen MR) is 86.8 cm³/mol. The third kappa shape index (κ3) is 2.85. The van der Waals surface area contributed by atoms with Gasteiger partial charge < -0.3 is 10.1 Å². The van der Waals surface area contributed by atoms with E-state index in [0.717, 1.165) is 11.0 Å². The van der Waals surface area contributed by atoms with E-state index in [-0.39, 0.29) is 10.8 Å². The topological polar surface area (TPSA) is 72.5 Å². The molecule has 0 aliphatic carbocycles. The first-order chi connectivity index (χ1) is 11.0. The Balaban J connectivity index is 1.83. The highest BCUT2D eigenvalue weighted by Crippen LogP contribution is 2.29. The highest BCUT2D eigenvalue weighted by atomic mass is 32.2. The minimum atomic E-state index is -3.42. The van der Waals surface area contributed by atoms with E-state index in [1.807, 2.05) is 24.3 Å². The summed E-state index contributed by atoms with van der Waals surface area (Å²) in [6.45, 7) is 0.295. The van der Waals surface area contributed by atoms with E-state index in [1.165, 1.54) is 12.1 Å². The molecule has 1 amide bonds. The van der Waals surface area contributed by atoms with Gasteiger partial charge in [0.2, 0.25) is 0 Å². The van der Waals surface area contributed by atoms with Gasteiger partial charge in [-0.05, 0) is 24.3 Å². The summed E-state index contributed by atoms with van der Waals surface area (Å²) in [4.78, 5) is 12.6. The number of fused-ring (bicyclic) bond motifs is 1. The molecule has 6 heteroatoms. The summed E-state index contributed by atoms with van der Waals surface area (Å²) in [6.07, 6.45) is 1.46. The lowest BCUT2D eigenvalue weighted by Gasteiger charge is -2.11. The van der Waals surface area contributed by atoms with E-state index in [1.54, 1.807) is 19.2 Å². The predicted octanol–water partition coefficient (Wildman–Crippen LogP) is 2.38. The van der Waals surface area contributed by atoms with Crippen molar-refractivity contribution in [2.24, 2.45) is 0 Å². The zero-order valence-electron chi connectivity index (χ0n) is 12.4. The quantitative estimate of drug-likeness (QED) is 0.935. The number of amides is 1. The summed E-state index contributed by atoms with van der Waals surface area (Å²) in [6, 6.07) is 12.1. The Kier molecular flexibility index (Phi) is 3.92. The summed E-state index contributed by atoms with van der Waals surface area (Å²) in [7, 11) is -1.85. The lowest BCUT2D eigenvalue weighted by Crippen LogP contribution is -2.24. The lowest BCUT2D eigenvalue weighted by molar-refractivity contribution is 0.0950. The maximum Gasteiger partial charge on any atom is 0.252 e. The first-order valence-corrected chi connectivity index (χ1v) is 8.54. The van der Waals surface area contributed by atoms with Crippen molar-refractivity contribution in [3.05, 3.63) is 64.6 Å². The van der Waals surface area contributed by atoms with E-state index < -0.39 is 9.84 Å². The first kappa shape index (κ1) is 15.3. The molecule has 2 aromatic rings. The Labute approximate surface area is 134 Å². The fourth-order valence-corrected chi connectivity index (χ4v) is 3.73. The highest BCUT2D eigenvalue weighted by molar-refractivity contribution is 7.94. The second kappa shape index (κ2) is 5.89. The van der Waals surface area contributed by atoms with Gasteiger partial charge in [0, 0.05) is 28.6 Å². The number of carbonyl (C=O) groups is 1. The molecule has 0 atom stereocenters. The second-order valence-corrected chi connectivity index (χ2v) is 6.86. The van der Waals surface area contributed by atoms with Crippen molar-refractivity contribution in [1.82, 2.24) is 5.32 Å². The van der Waals surface area contributed by atoms with Gasteiger partial charge in [0.15, 0.2) is 9.84 Å². The van der Waals surface area contributed by atoms with Gasteiger partial charge >= 0.3 is 0 Å². The summed E-state index contributed by atoms with van der Waals surface area (Å²) in [5.41, 5.74) is 1.62. The van der Waals surface area contributed by atoms with Crippen LogP contribution in [0.25, 0.3) is 6.08 Å². The average Bonchev–Trinajstić information content (AvgIpc) is 2.88. The van der Waals surface area contributed by atoms with E-state index in [9.17, 15) is 13.2 Å². The third-order valence-corrected chi connectivity index (χ3v) is 5.13. The molecule has 0 bridgehead atoms. The summed E-state index contributed by atoms with van der Waals surface area (Å²) in [5, 5.41) is 3.92. The smallest absolute Gasteiger partial charge is 0.252 e. The van der Waals surface area contributed by atoms with E-state index in [4.69, 9.17) is 4.74 Å². The van der Waals surface area contributed by atoms with Crippen LogP contribution >= 0.6 is 0 Å². The summed E-state index contributed by atoms with van der Waals surface area (Å²) < 4.78 is 29.0. The monoisotopic (exact) mass is 329 g/mol. The van der Waals surface area contributed by atoms with Crippen LogP contribution in [0.3, 0.4) is 0 Å².